The lowest BCUT2D eigenvalue weighted by Crippen LogP contribution is -2.31. The van der Waals surface area contributed by atoms with Crippen LogP contribution in [0.25, 0.3) is 0 Å². The number of alkyl halides is 1. The van der Waals surface area contributed by atoms with E-state index in [0.717, 1.165) is 4.88 Å². The number of amides is 1. The zero-order chi connectivity index (χ0) is 9.68. The van der Waals surface area contributed by atoms with Crippen LogP contribution in [0.15, 0.2) is 17.5 Å². The van der Waals surface area contributed by atoms with Crippen molar-refractivity contribution in [1.29, 1.82) is 0 Å². The summed E-state index contributed by atoms with van der Waals surface area (Å²) in [4.78, 5) is 14.2. The van der Waals surface area contributed by atoms with Crippen molar-refractivity contribution < 1.29 is 4.79 Å². The highest BCUT2D eigenvalue weighted by Gasteiger charge is 2.13. The first-order valence-electron chi connectivity index (χ1n) is 4.18. The van der Waals surface area contributed by atoms with E-state index in [9.17, 15) is 4.79 Å². The summed E-state index contributed by atoms with van der Waals surface area (Å²) < 4.78 is 0. The Bertz CT molecular complexity index is 261. The summed E-state index contributed by atoms with van der Waals surface area (Å²) >= 11 is 7.06. The third kappa shape index (κ3) is 2.71. The Morgan fingerprint density at radius 2 is 2.46 bits per heavy atom. The van der Waals surface area contributed by atoms with Crippen molar-refractivity contribution in [3.63, 3.8) is 0 Å². The van der Waals surface area contributed by atoms with Crippen molar-refractivity contribution in [2.75, 3.05) is 19.0 Å². The molecule has 0 saturated carbocycles. The first-order valence-corrected chi connectivity index (χ1v) is 5.59. The molecule has 0 aliphatic rings. The topological polar surface area (TPSA) is 20.3 Å². The molecule has 0 N–H and O–H groups in total. The highest BCUT2D eigenvalue weighted by Crippen LogP contribution is 2.11. The van der Waals surface area contributed by atoms with Crippen LogP contribution < -0.4 is 0 Å². The van der Waals surface area contributed by atoms with Crippen molar-refractivity contribution in [2.45, 2.75) is 6.92 Å². The van der Waals surface area contributed by atoms with Crippen molar-refractivity contribution >= 4 is 28.8 Å². The van der Waals surface area contributed by atoms with E-state index in [4.69, 9.17) is 11.6 Å². The van der Waals surface area contributed by atoms with E-state index in [0.29, 0.717) is 19.0 Å². The van der Waals surface area contributed by atoms with E-state index in [1.807, 2.05) is 24.4 Å². The van der Waals surface area contributed by atoms with Crippen LogP contribution in [0.2, 0.25) is 0 Å². The molecular formula is C9H12ClNOS. The van der Waals surface area contributed by atoms with Gasteiger partial charge in [-0.05, 0) is 18.4 Å². The molecular weight excluding hydrogens is 206 g/mol. The molecule has 0 aliphatic heterocycles. The van der Waals surface area contributed by atoms with E-state index in [1.54, 1.807) is 4.90 Å². The van der Waals surface area contributed by atoms with Crippen molar-refractivity contribution in [2.24, 2.45) is 0 Å². The standard InChI is InChI=1S/C9H12ClNOS/c1-2-11(6-5-10)9(12)8-4-3-7-13-8/h3-4,7H,2,5-6H2,1H3. The summed E-state index contributed by atoms with van der Waals surface area (Å²) in [5.41, 5.74) is 0. The molecule has 0 unspecified atom stereocenters. The van der Waals surface area contributed by atoms with Crippen LogP contribution in [0.4, 0.5) is 0 Å². The molecule has 1 amide bonds. The van der Waals surface area contributed by atoms with Gasteiger partial charge in [0.05, 0.1) is 4.88 Å². The third-order valence-electron chi connectivity index (χ3n) is 1.76. The van der Waals surface area contributed by atoms with Crippen LogP contribution in [0, 0.1) is 0 Å². The average molecular weight is 218 g/mol. The molecule has 2 nitrogen and oxygen atoms in total. The van der Waals surface area contributed by atoms with Crippen LogP contribution in [0.3, 0.4) is 0 Å². The number of hydrogen-bond acceptors (Lipinski definition) is 2. The van der Waals surface area contributed by atoms with E-state index in [2.05, 4.69) is 0 Å². The Morgan fingerprint density at radius 1 is 1.69 bits per heavy atom. The first kappa shape index (κ1) is 10.5. The number of rotatable bonds is 4. The number of carbonyl (C=O) groups is 1. The smallest absolute Gasteiger partial charge is 0.263 e. The van der Waals surface area contributed by atoms with Gasteiger partial charge in [-0.2, -0.15) is 0 Å². The van der Waals surface area contributed by atoms with Crippen molar-refractivity contribution in [3.8, 4) is 0 Å². The van der Waals surface area contributed by atoms with Gasteiger partial charge in [-0.15, -0.1) is 22.9 Å². The van der Waals surface area contributed by atoms with Crippen LogP contribution in [-0.4, -0.2) is 29.8 Å². The van der Waals surface area contributed by atoms with Gasteiger partial charge in [0.25, 0.3) is 5.91 Å². The number of halogens is 1. The number of carbonyl (C=O) groups excluding carboxylic acids is 1. The highest BCUT2D eigenvalue weighted by atomic mass is 35.5. The number of thiophene rings is 1. The molecule has 0 aliphatic carbocycles. The quantitative estimate of drug-likeness (QED) is 0.710. The molecule has 1 aromatic rings. The highest BCUT2D eigenvalue weighted by molar-refractivity contribution is 7.12. The summed E-state index contributed by atoms with van der Waals surface area (Å²) in [5, 5.41) is 1.90. The second-order valence-electron chi connectivity index (χ2n) is 2.55. The fourth-order valence-corrected chi connectivity index (χ4v) is 1.96. The van der Waals surface area contributed by atoms with Gasteiger partial charge in [-0.25, -0.2) is 0 Å². The average Bonchev–Trinajstić information content (AvgIpc) is 2.65. The first-order chi connectivity index (χ1) is 6.29. The fourth-order valence-electron chi connectivity index (χ4n) is 1.06. The maximum atomic E-state index is 11.7. The minimum absolute atomic E-state index is 0.0816. The molecule has 1 rings (SSSR count). The summed E-state index contributed by atoms with van der Waals surface area (Å²) in [5.74, 6) is 0.573. The maximum Gasteiger partial charge on any atom is 0.263 e. The molecule has 0 atom stereocenters. The van der Waals surface area contributed by atoms with Crippen molar-refractivity contribution in [1.82, 2.24) is 4.90 Å². The van der Waals surface area contributed by atoms with Crippen molar-refractivity contribution in [3.05, 3.63) is 22.4 Å². The second kappa shape index (κ2) is 5.25. The predicted octanol–water partition coefficient (Wildman–Crippen LogP) is 2.45. The molecule has 13 heavy (non-hydrogen) atoms. The van der Waals surface area contributed by atoms with Gasteiger partial charge < -0.3 is 4.90 Å². The molecule has 0 radical (unpaired) electrons. The van der Waals surface area contributed by atoms with Gasteiger partial charge in [0.2, 0.25) is 0 Å². The van der Waals surface area contributed by atoms with Crippen LogP contribution in [-0.2, 0) is 0 Å². The molecule has 4 heteroatoms. The summed E-state index contributed by atoms with van der Waals surface area (Å²) in [6.45, 7) is 3.29. The van der Waals surface area contributed by atoms with Gasteiger partial charge >= 0.3 is 0 Å². The summed E-state index contributed by atoms with van der Waals surface area (Å²) in [6, 6.07) is 3.72. The SMILES string of the molecule is CCN(CCCl)C(=O)c1cccs1. The summed E-state index contributed by atoms with van der Waals surface area (Å²) in [6.07, 6.45) is 0. The van der Waals surface area contributed by atoms with Gasteiger partial charge in [-0.1, -0.05) is 6.07 Å². The molecule has 1 heterocycles. The molecule has 0 aromatic carbocycles. The molecule has 0 saturated heterocycles. The maximum absolute atomic E-state index is 11.7. The Balaban J connectivity index is 2.65. The minimum Gasteiger partial charge on any atom is -0.337 e. The fraction of sp³-hybridized carbons (Fsp3) is 0.444. The van der Waals surface area contributed by atoms with Gasteiger partial charge in [-0.3, -0.25) is 4.79 Å². The number of hydrogen-bond donors (Lipinski definition) is 0. The largest absolute Gasteiger partial charge is 0.337 e. The molecule has 0 spiro atoms. The predicted molar refractivity (Wildman–Crippen MR) is 56.6 cm³/mol. The van der Waals surface area contributed by atoms with E-state index >= 15 is 0 Å². The Hall–Kier alpha value is -0.540. The van der Waals surface area contributed by atoms with E-state index in [1.165, 1.54) is 11.3 Å². The van der Waals surface area contributed by atoms with Crippen LogP contribution >= 0.6 is 22.9 Å². The number of nitrogens with zero attached hydrogens (tertiary/aromatic N) is 1. The monoisotopic (exact) mass is 217 g/mol. The molecule has 1 aromatic heterocycles. The third-order valence-corrected chi connectivity index (χ3v) is 2.78. The zero-order valence-electron chi connectivity index (χ0n) is 7.50. The Kier molecular flexibility index (Phi) is 4.25. The lowest BCUT2D eigenvalue weighted by molar-refractivity contribution is 0.0779. The Morgan fingerprint density at radius 3 is 2.92 bits per heavy atom. The zero-order valence-corrected chi connectivity index (χ0v) is 9.07. The minimum atomic E-state index is 0.0816. The van der Waals surface area contributed by atoms with E-state index in [-0.39, 0.29) is 5.91 Å². The van der Waals surface area contributed by atoms with Gasteiger partial charge in [0.1, 0.15) is 0 Å². The van der Waals surface area contributed by atoms with Crippen LogP contribution in [0.1, 0.15) is 16.6 Å². The lowest BCUT2D eigenvalue weighted by atomic mass is 10.4. The molecule has 72 valence electrons. The van der Waals surface area contributed by atoms with E-state index < -0.39 is 0 Å². The summed E-state index contributed by atoms with van der Waals surface area (Å²) in [7, 11) is 0. The molecule has 0 fully saturated rings. The van der Waals surface area contributed by atoms with Crippen LogP contribution in [0.5, 0.6) is 0 Å². The van der Waals surface area contributed by atoms with Gasteiger partial charge in [0, 0.05) is 19.0 Å². The Labute approximate surface area is 87.1 Å². The lowest BCUT2D eigenvalue weighted by Gasteiger charge is -2.18. The van der Waals surface area contributed by atoms with Gasteiger partial charge in [0.15, 0.2) is 0 Å². The molecule has 0 bridgehead atoms. The normalized spacial score (nSPS) is 10.0. The second-order valence-corrected chi connectivity index (χ2v) is 3.88.